The summed E-state index contributed by atoms with van der Waals surface area (Å²) in [6, 6.07) is 5.89. The Morgan fingerprint density at radius 1 is 1.56 bits per heavy atom. The molecule has 1 aromatic rings. The van der Waals surface area contributed by atoms with Crippen LogP contribution in [0, 0.1) is 0 Å². The normalized spacial score (nSPS) is 24.7. The minimum absolute atomic E-state index is 0.0535. The zero-order valence-electron chi connectivity index (χ0n) is 8.80. The number of anilines is 1. The molecule has 1 saturated heterocycles. The van der Waals surface area contributed by atoms with E-state index in [9.17, 15) is 0 Å². The maximum absolute atomic E-state index is 5.96. The van der Waals surface area contributed by atoms with Gasteiger partial charge in [-0.2, -0.15) is 11.8 Å². The first-order chi connectivity index (χ1) is 7.65. The summed E-state index contributed by atoms with van der Waals surface area (Å²) in [5.41, 5.74) is 7.00. The Morgan fingerprint density at radius 3 is 2.94 bits per heavy atom. The highest BCUT2D eigenvalue weighted by Gasteiger charge is 2.32. The van der Waals surface area contributed by atoms with Crippen LogP contribution < -0.4 is 11.1 Å². The molecule has 1 atom stereocenters. The molecule has 0 aliphatic carbocycles. The molecule has 16 heavy (non-hydrogen) atoms. The molecule has 88 valence electrons. The highest BCUT2D eigenvalue weighted by Crippen LogP contribution is 2.32. The molecule has 3 N–H and O–H groups in total. The highest BCUT2D eigenvalue weighted by molar-refractivity contribution is 9.10. The van der Waals surface area contributed by atoms with Gasteiger partial charge in [0.1, 0.15) is 0 Å². The lowest BCUT2D eigenvalue weighted by molar-refractivity contribution is 0.537. The summed E-state index contributed by atoms with van der Waals surface area (Å²) in [4.78, 5) is 0. The van der Waals surface area contributed by atoms with Gasteiger partial charge in [0, 0.05) is 22.5 Å². The number of nitrogens with one attached hydrogen (secondary N) is 1. The fourth-order valence-electron chi connectivity index (χ4n) is 1.80. The Labute approximate surface area is 113 Å². The molecule has 1 aliphatic heterocycles. The van der Waals surface area contributed by atoms with Gasteiger partial charge in [0.2, 0.25) is 0 Å². The van der Waals surface area contributed by atoms with Crippen molar-refractivity contribution in [3.63, 3.8) is 0 Å². The summed E-state index contributed by atoms with van der Waals surface area (Å²) in [5, 5.41) is 4.27. The van der Waals surface area contributed by atoms with Crippen LogP contribution in [0.2, 0.25) is 5.02 Å². The number of halogens is 2. The minimum atomic E-state index is 0.0535. The quantitative estimate of drug-likeness (QED) is 0.896. The molecule has 5 heteroatoms. The number of benzene rings is 1. The van der Waals surface area contributed by atoms with Crippen molar-refractivity contribution in [2.75, 3.05) is 23.4 Å². The van der Waals surface area contributed by atoms with E-state index < -0.39 is 0 Å². The topological polar surface area (TPSA) is 38.0 Å². The van der Waals surface area contributed by atoms with Gasteiger partial charge < -0.3 is 11.1 Å². The molecule has 1 aromatic carbocycles. The van der Waals surface area contributed by atoms with E-state index in [4.69, 9.17) is 17.3 Å². The third-order valence-corrected chi connectivity index (χ3v) is 5.29. The van der Waals surface area contributed by atoms with Crippen LogP contribution in [0.25, 0.3) is 0 Å². The van der Waals surface area contributed by atoms with Gasteiger partial charge >= 0.3 is 0 Å². The summed E-state index contributed by atoms with van der Waals surface area (Å²) in [6.07, 6.45) is 1.12. The van der Waals surface area contributed by atoms with Crippen molar-refractivity contribution >= 4 is 45.0 Å². The Hall–Kier alpha value is 0.1000. The van der Waals surface area contributed by atoms with E-state index in [1.54, 1.807) is 0 Å². The second-order valence-corrected chi connectivity index (χ2v) is 6.41. The molecule has 2 rings (SSSR count). The smallest absolute Gasteiger partial charge is 0.0593 e. The summed E-state index contributed by atoms with van der Waals surface area (Å²) in [6.45, 7) is 0.667. The molecule has 0 radical (unpaired) electrons. The lowest BCUT2D eigenvalue weighted by atomic mass is 9.99. The van der Waals surface area contributed by atoms with Crippen molar-refractivity contribution in [2.24, 2.45) is 5.73 Å². The lowest BCUT2D eigenvalue weighted by Gasteiger charge is -2.29. The van der Waals surface area contributed by atoms with Gasteiger partial charge in [-0.15, -0.1) is 0 Å². The zero-order valence-corrected chi connectivity index (χ0v) is 12.0. The zero-order chi connectivity index (χ0) is 11.6. The van der Waals surface area contributed by atoms with Crippen LogP contribution >= 0.6 is 39.3 Å². The molecule has 0 saturated carbocycles. The maximum Gasteiger partial charge on any atom is 0.0593 e. The standard InChI is InChI=1S/C11H14BrClN2S/c12-9-5-8(1-2-10(9)13)15-11(6-14)3-4-16-7-11/h1-2,5,15H,3-4,6-7,14H2. The minimum Gasteiger partial charge on any atom is -0.377 e. The van der Waals surface area contributed by atoms with Gasteiger partial charge in [-0.1, -0.05) is 11.6 Å². The number of rotatable bonds is 3. The van der Waals surface area contributed by atoms with E-state index in [0.717, 1.165) is 27.4 Å². The first-order valence-corrected chi connectivity index (χ1v) is 7.49. The Bertz CT molecular complexity index is 380. The Kier molecular flexibility index (Phi) is 4.06. The van der Waals surface area contributed by atoms with E-state index in [-0.39, 0.29) is 5.54 Å². The van der Waals surface area contributed by atoms with Gasteiger partial charge in [0.05, 0.1) is 10.6 Å². The molecule has 0 spiro atoms. The van der Waals surface area contributed by atoms with Crippen molar-refractivity contribution in [1.29, 1.82) is 0 Å². The second-order valence-electron chi connectivity index (χ2n) is 4.04. The Morgan fingerprint density at radius 2 is 2.38 bits per heavy atom. The van der Waals surface area contributed by atoms with Crippen LogP contribution in [0.3, 0.4) is 0 Å². The number of hydrogen-bond donors (Lipinski definition) is 2. The summed E-state index contributed by atoms with van der Waals surface area (Å²) >= 11 is 11.3. The molecule has 1 aliphatic rings. The number of hydrogen-bond acceptors (Lipinski definition) is 3. The third kappa shape index (κ3) is 2.67. The van der Waals surface area contributed by atoms with E-state index in [2.05, 4.69) is 21.2 Å². The van der Waals surface area contributed by atoms with Crippen molar-refractivity contribution < 1.29 is 0 Å². The fourth-order valence-corrected chi connectivity index (χ4v) is 3.70. The average molecular weight is 322 g/mol. The summed E-state index contributed by atoms with van der Waals surface area (Å²) in [5.74, 6) is 2.25. The van der Waals surface area contributed by atoms with E-state index >= 15 is 0 Å². The lowest BCUT2D eigenvalue weighted by Crippen LogP contribution is -2.45. The van der Waals surface area contributed by atoms with Crippen molar-refractivity contribution in [3.05, 3.63) is 27.7 Å². The van der Waals surface area contributed by atoms with Gasteiger partial charge in [-0.25, -0.2) is 0 Å². The molecule has 1 unspecified atom stereocenters. The van der Waals surface area contributed by atoms with E-state index in [1.165, 1.54) is 5.75 Å². The number of thioether (sulfide) groups is 1. The van der Waals surface area contributed by atoms with E-state index in [1.807, 2.05) is 30.0 Å². The van der Waals surface area contributed by atoms with Crippen molar-refractivity contribution in [3.8, 4) is 0 Å². The molecular weight excluding hydrogens is 308 g/mol. The van der Waals surface area contributed by atoms with Gasteiger partial charge in [0.25, 0.3) is 0 Å². The summed E-state index contributed by atoms with van der Waals surface area (Å²) in [7, 11) is 0. The predicted octanol–water partition coefficient (Wildman–Crippen LogP) is 3.35. The fraction of sp³-hybridized carbons (Fsp3) is 0.455. The van der Waals surface area contributed by atoms with Crippen LogP contribution in [0.1, 0.15) is 6.42 Å². The van der Waals surface area contributed by atoms with Gasteiger partial charge in [-0.05, 0) is 46.3 Å². The first kappa shape index (κ1) is 12.6. The largest absolute Gasteiger partial charge is 0.377 e. The molecule has 1 heterocycles. The molecule has 0 aromatic heterocycles. The predicted molar refractivity (Wildman–Crippen MR) is 76.5 cm³/mol. The monoisotopic (exact) mass is 320 g/mol. The molecule has 0 bridgehead atoms. The van der Waals surface area contributed by atoms with Crippen LogP contribution in [0.4, 0.5) is 5.69 Å². The second kappa shape index (κ2) is 5.17. The van der Waals surface area contributed by atoms with E-state index in [0.29, 0.717) is 6.54 Å². The van der Waals surface area contributed by atoms with Crippen LogP contribution in [0.5, 0.6) is 0 Å². The third-order valence-electron chi connectivity index (χ3n) is 2.82. The first-order valence-electron chi connectivity index (χ1n) is 5.16. The molecule has 1 fully saturated rings. The van der Waals surface area contributed by atoms with Crippen molar-refractivity contribution in [2.45, 2.75) is 12.0 Å². The molecule has 2 nitrogen and oxygen atoms in total. The highest BCUT2D eigenvalue weighted by atomic mass is 79.9. The van der Waals surface area contributed by atoms with Crippen LogP contribution in [0.15, 0.2) is 22.7 Å². The maximum atomic E-state index is 5.96. The molecule has 0 amide bonds. The van der Waals surface area contributed by atoms with Crippen LogP contribution in [-0.4, -0.2) is 23.6 Å². The summed E-state index contributed by atoms with van der Waals surface area (Å²) < 4.78 is 0.914. The average Bonchev–Trinajstić information content (AvgIpc) is 2.73. The Balaban J connectivity index is 2.16. The van der Waals surface area contributed by atoms with Gasteiger partial charge in [0.15, 0.2) is 0 Å². The van der Waals surface area contributed by atoms with Crippen LogP contribution in [-0.2, 0) is 0 Å². The number of nitrogens with two attached hydrogens (primary N) is 1. The van der Waals surface area contributed by atoms with Crippen molar-refractivity contribution in [1.82, 2.24) is 0 Å². The van der Waals surface area contributed by atoms with Gasteiger partial charge in [-0.3, -0.25) is 0 Å². The molecular formula is C11H14BrClN2S. The SMILES string of the molecule is NCC1(Nc2ccc(Cl)c(Br)c2)CCSC1.